The molecule has 8 bridgehead atoms. The maximum atomic E-state index is 5.48. The fourth-order valence-electron chi connectivity index (χ4n) is 13.7. The average molecular weight is 540 g/mol. The van der Waals surface area contributed by atoms with Gasteiger partial charge in [0.15, 0.2) is 0 Å². The molecular formula is C38H41N3. The Morgan fingerprint density at radius 3 is 1.39 bits per heavy atom. The Labute approximate surface area is 242 Å². The maximum absolute atomic E-state index is 5.48. The minimum Gasteiger partial charge on any atom is -0.305 e. The lowest BCUT2D eigenvalue weighted by molar-refractivity contribution is 0.0891. The molecule has 4 aromatic heterocycles. The van der Waals surface area contributed by atoms with Gasteiger partial charge >= 0.3 is 0 Å². The molecule has 3 heteroatoms. The summed E-state index contributed by atoms with van der Waals surface area (Å²) in [7, 11) is 0. The van der Waals surface area contributed by atoms with Crippen LogP contribution in [0, 0.1) is 23.7 Å². The van der Waals surface area contributed by atoms with E-state index in [1.807, 2.05) is 0 Å². The molecule has 8 aliphatic carbocycles. The Hall–Kier alpha value is -2.68. The van der Waals surface area contributed by atoms with Crippen LogP contribution in [-0.2, 0) is 21.7 Å². The second-order valence-electron chi connectivity index (χ2n) is 17.3. The summed E-state index contributed by atoms with van der Waals surface area (Å²) < 4.78 is 2.61. The summed E-state index contributed by atoms with van der Waals surface area (Å²) in [5.41, 5.74) is 11.1. The van der Waals surface area contributed by atoms with Crippen molar-refractivity contribution in [1.82, 2.24) is 14.4 Å². The van der Waals surface area contributed by atoms with E-state index in [4.69, 9.17) is 9.97 Å². The second-order valence-corrected chi connectivity index (χ2v) is 17.3. The van der Waals surface area contributed by atoms with Crippen molar-refractivity contribution in [2.45, 2.75) is 114 Å². The molecule has 4 unspecified atom stereocenters. The van der Waals surface area contributed by atoms with Crippen LogP contribution in [0.5, 0.6) is 0 Å². The standard InChI is InChI=1S/C38H41N3/c1-35-10-20-8-21(11-35)15-37(3,14-20)33-30(35)28-24-6-5-7-25-29-27(41(32(24)25)26(28)18-39-33)19-40-34-31(29)36(2)12-22-9-23(13-36)17-38(34,4)16-22/h5-7,18-23H,8-17H2,1-4H3. The Morgan fingerprint density at radius 1 is 0.585 bits per heavy atom. The van der Waals surface area contributed by atoms with Gasteiger partial charge < -0.3 is 4.40 Å². The lowest BCUT2D eigenvalue weighted by Crippen LogP contribution is -2.39. The topological polar surface area (TPSA) is 30.2 Å². The fourth-order valence-corrected chi connectivity index (χ4v) is 13.7. The number of para-hydroxylation sites is 1. The van der Waals surface area contributed by atoms with Gasteiger partial charge in [-0.25, -0.2) is 0 Å². The average Bonchev–Trinajstić information content (AvgIpc) is 3.35. The minimum absolute atomic E-state index is 0.223. The third-order valence-electron chi connectivity index (χ3n) is 14.0. The van der Waals surface area contributed by atoms with Crippen LogP contribution in [0.2, 0.25) is 0 Å². The number of fused-ring (bicyclic) bond motifs is 6. The molecule has 4 saturated carbocycles. The maximum Gasteiger partial charge on any atom is 0.0728 e. The first-order valence-electron chi connectivity index (χ1n) is 16.7. The SMILES string of the molecule is CC12CC3CC(C1)CC(C)(C3)c1c2ncc2c1c1cccc3c4c5c(ncc4n2c13)C1(C)CC2CC(C1)CC5(C)C2. The lowest BCUT2D eigenvalue weighted by atomic mass is 9.58. The van der Waals surface area contributed by atoms with Crippen molar-refractivity contribution in [2.24, 2.45) is 23.7 Å². The first-order chi connectivity index (χ1) is 19.7. The van der Waals surface area contributed by atoms with Crippen LogP contribution in [0.3, 0.4) is 0 Å². The number of benzene rings is 1. The van der Waals surface area contributed by atoms with Crippen LogP contribution in [0.25, 0.3) is 38.1 Å². The smallest absolute Gasteiger partial charge is 0.0728 e. The second kappa shape index (κ2) is 6.61. The molecule has 0 amide bonds. The molecule has 208 valence electrons. The highest BCUT2D eigenvalue weighted by Crippen LogP contribution is 2.64. The van der Waals surface area contributed by atoms with Crippen molar-refractivity contribution in [3.05, 3.63) is 53.1 Å². The highest BCUT2D eigenvalue weighted by atomic mass is 15.0. The molecule has 0 spiro atoms. The van der Waals surface area contributed by atoms with Gasteiger partial charge in [-0.05, 0) is 110 Å². The zero-order chi connectivity index (χ0) is 27.3. The predicted molar refractivity (Wildman–Crippen MR) is 166 cm³/mol. The number of aromatic nitrogens is 3. The number of nitrogens with zero attached hydrogens (tertiary/aromatic N) is 3. The summed E-state index contributed by atoms with van der Waals surface area (Å²) in [6.45, 7) is 10.3. The van der Waals surface area contributed by atoms with E-state index >= 15 is 0 Å². The van der Waals surface area contributed by atoms with Crippen molar-refractivity contribution >= 4 is 38.1 Å². The molecule has 13 rings (SSSR count). The van der Waals surface area contributed by atoms with E-state index in [0.717, 1.165) is 23.7 Å². The van der Waals surface area contributed by atoms with Gasteiger partial charge in [0.05, 0.1) is 40.3 Å². The fraction of sp³-hybridized carbons (Fsp3) is 0.579. The molecule has 8 aliphatic rings. The Morgan fingerprint density at radius 2 is 0.976 bits per heavy atom. The third-order valence-corrected chi connectivity index (χ3v) is 14.0. The first kappa shape index (κ1) is 22.9. The molecule has 0 saturated heterocycles. The molecule has 0 aliphatic heterocycles. The molecule has 5 aromatic rings. The van der Waals surface area contributed by atoms with E-state index in [1.165, 1.54) is 114 Å². The van der Waals surface area contributed by atoms with E-state index < -0.39 is 0 Å². The zero-order valence-corrected chi connectivity index (χ0v) is 25.1. The lowest BCUT2D eigenvalue weighted by Gasteiger charge is -2.46. The van der Waals surface area contributed by atoms with Gasteiger partial charge in [0.1, 0.15) is 0 Å². The normalized spacial score (nSPS) is 42.0. The van der Waals surface area contributed by atoms with Crippen LogP contribution >= 0.6 is 0 Å². The van der Waals surface area contributed by atoms with Crippen molar-refractivity contribution in [2.75, 3.05) is 0 Å². The van der Waals surface area contributed by atoms with Gasteiger partial charge in [-0.15, -0.1) is 0 Å². The summed E-state index contributed by atoms with van der Waals surface area (Å²) >= 11 is 0. The van der Waals surface area contributed by atoms with Crippen molar-refractivity contribution in [1.29, 1.82) is 0 Å². The highest BCUT2D eigenvalue weighted by molar-refractivity contribution is 6.24. The number of hydrogen-bond donors (Lipinski definition) is 0. The summed E-state index contributed by atoms with van der Waals surface area (Å²) in [5, 5.41) is 5.95. The van der Waals surface area contributed by atoms with Gasteiger partial charge in [0.2, 0.25) is 0 Å². The molecule has 0 radical (unpaired) electrons. The Bertz CT molecular complexity index is 1840. The molecule has 0 N–H and O–H groups in total. The van der Waals surface area contributed by atoms with Crippen LogP contribution in [0.4, 0.5) is 0 Å². The predicted octanol–water partition coefficient (Wildman–Crippen LogP) is 9.10. The number of rotatable bonds is 0. The van der Waals surface area contributed by atoms with Crippen molar-refractivity contribution < 1.29 is 0 Å². The van der Waals surface area contributed by atoms with Gasteiger partial charge in [0.25, 0.3) is 0 Å². The van der Waals surface area contributed by atoms with Crippen molar-refractivity contribution in [3.8, 4) is 0 Å². The van der Waals surface area contributed by atoms with Crippen LogP contribution in [0.15, 0.2) is 30.6 Å². The summed E-state index contributed by atoms with van der Waals surface area (Å²) in [6.07, 6.45) is 18.1. The molecular weight excluding hydrogens is 498 g/mol. The van der Waals surface area contributed by atoms with E-state index in [0.29, 0.717) is 0 Å². The van der Waals surface area contributed by atoms with Crippen LogP contribution in [-0.4, -0.2) is 14.4 Å². The monoisotopic (exact) mass is 539 g/mol. The molecule has 4 fully saturated rings. The zero-order valence-electron chi connectivity index (χ0n) is 25.1. The molecule has 1 aromatic carbocycles. The molecule has 4 heterocycles. The number of hydrogen-bond acceptors (Lipinski definition) is 2. The van der Waals surface area contributed by atoms with Crippen molar-refractivity contribution in [3.63, 3.8) is 0 Å². The van der Waals surface area contributed by atoms with E-state index in [1.54, 1.807) is 11.1 Å². The largest absolute Gasteiger partial charge is 0.305 e. The summed E-state index contributed by atoms with van der Waals surface area (Å²) in [6, 6.07) is 7.24. The van der Waals surface area contributed by atoms with Crippen LogP contribution < -0.4 is 0 Å². The van der Waals surface area contributed by atoms with E-state index in [9.17, 15) is 0 Å². The molecule has 4 atom stereocenters. The Kier molecular flexibility index (Phi) is 3.68. The minimum atomic E-state index is 0.223. The van der Waals surface area contributed by atoms with E-state index in [-0.39, 0.29) is 21.7 Å². The number of pyridine rings is 2. The molecule has 3 nitrogen and oxygen atoms in total. The Balaban J connectivity index is 1.30. The highest BCUT2D eigenvalue weighted by Gasteiger charge is 2.56. The summed E-state index contributed by atoms with van der Waals surface area (Å²) in [4.78, 5) is 11.0. The first-order valence-corrected chi connectivity index (χ1v) is 16.7. The van der Waals surface area contributed by atoms with Gasteiger partial charge in [-0.3, -0.25) is 9.97 Å². The molecule has 41 heavy (non-hydrogen) atoms. The summed E-state index contributed by atoms with van der Waals surface area (Å²) in [5.74, 6) is 3.41. The van der Waals surface area contributed by atoms with Gasteiger partial charge in [0, 0.05) is 32.4 Å². The van der Waals surface area contributed by atoms with Crippen LogP contribution in [0.1, 0.15) is 114 Å². The van der Waals surface area contributed by atoms with E-state index in [2.05, 4.69) is 62.7 Å². The van der Waals surface area contributed by atoms with Gasteiger partial charge in [-0.1, -0.05) is 45.9 Å². The quantitative estimate of drug-likeness (QED) is 0.196. The van der Waals surface area contributed by atoms with Gasteiger partial charge in [-0.2, -0.15) is 0 Å². The third kappa shape index (κ3) is 2.47.